The van der Waals surface area contributed by atoms with E-state index in [4.69, 9.17) is 0 Å². The van der Waals surface area contributed by atoms with E-state index in [-0.39, 0.29) is 5.54 Å². The average molecular weight is 315 g/mol. The highest BCUT2D eigenvalue weighted by Gasteiger charge is 2.08. The Morgan fingerprint density at radius 2 is 2.18 bits per heavy atom. The van der Waals surface area contributed by atoms with Crippen LogP contribution in [0.3, 0.4) is 0 Å². The minimum Gasteiger partial charge on any atom is -0.308 e. The number of rotatable bonds is 5. The molecule has 0 spiro atoms. The number of aromatic nitrogens is 1. The van der Waals surface area contributed by atoms with Gasteiger partial charge in [0.2, 0.25) is 0 Å². The largest absolute Gasteiger partial charge is 0.308 e. The molecule has 0 radical (unpaired) electrons. The van der Waals surface area contributed by atoms with E-state index in [1.54, 1.807) is 11.8 Å². The van der Waals surface area contributed by atoms with Crippen molar-refractivity contribution in [1.82, 2.24) is 10.3 Å². The molecule has 0 atom stereocenters. The SMILES string of the molecule is C=C(CNC(C)(C)C)CSc1ccc(Br)cn1. The van der Waals surface area contributed by atoms with Crippen molar-refractivity contribution in [3.05, 3.63) is 35.0 Å². The molecule has 0 saturated heterocycles. The van der Waals surface area contributed by atoms with Crippen molar-refractivity contribution in [1.29, 1.82) is 0 Å². The summed E-state index contributed by atoms with van der Waals surface area (Å²) in [5.41, 5.74) is 1.33. The molecule has 0 unspecified atom stereocenters. The van der Waals surface area contributed by atoms with E-state index in [2.05, 4.69) is 53.6 Å². The zero-order chi connectivity index (χ0) is 12.9. The van der Waals surface area contributed by atoms with Crippen molar-refractivity contribution in [2.45, 2.75) is 31.3 Å². The average Bonchev–Trinajstić information content (AvgIpc) is 2.25. The van der Waals surface area contributed by atoms with Crippen LogP contribution in [0.2, 0.25) is 0 Å². The summed E-state index contributed by atoms with van der Waals surface area (Å²) in [5, 5.41) is 4.46. The van der Waals surface area contributed by atoms with Crippen LogP contribution in [0.5, 0.6) is 0 Å². The minimum atomic E-state index is 0.142. The lowest BCUT2D eigenvalue weighted by Gasteiger charge is -2.21. The van der Waals surface area contributed by atoms with Gasteiger partial charge in [0.1, 0.15) is 0 Å². The van der Waals surface area contributed by atoms with E-state index in [0.717, 1.165) is 21.8 Å². The summed E-state index contributed by atoms with van der Waals surface area (Å²) in [6.45, 7) is 11.4. The Labute approximate surface area is 116 Å². The maximum absolute atomic E-state index is 4.31. The Morgan fingerprint density at radius 1 is 1.47 bits per heavy atom. The van der Waals surface area contributed by atoms with Crippen LogP contribution in [0, 0.1) is 0 Å². The zero-order valence-electron chi connectivity index (χ0n) is 10.6. The van der Waals surface area contributed by atoms with Gasteiger partial charge < -0.3 is 5.32 Å². The summed E-state index contributed by atoms with van der Waals surface area (Å²) in [6.07, 6.45) is 1.82. The molecule has 2 nitrogen and oxygen atoms in total. The first-order valence-electron chi connectivity index (χ1n) is 5.53. The van der Waals surface area contributed by atoms with E-state index >= 15 is 0 Å². The number of hydrogen-bond acceptors (Lipinski definition) is 3. The molecule has 0 aliphatic heterocycles. The first kappa shape index (κ1) is 14.7. The summed E-state index contributed by atoms with van der Waals surface area (Å²) >= 11 is 5.09. The number of nitrogens with one attached hydrogen (secondary N) is 1. The van der Waals surface area contributed by atoms with Crippen LogP contribution in [-0.2, 0) is 0 Å². The molecule has 1 rings (SSSR count). The minimum absolute atomic E-state index is 0.142. The second-order valence-electron chi connectivity index (χ2n) is 4.96. The van der Waals surface area contributed by atoms with Gasteiger partial charge in [0, 0.05) is 28.5 Å². The first-order valence-corrected chi connectivity index (χ1v) is 7.31. The van der Waals surface area contributed by atoms with Crippen LogP contribution in [0.1, 0.15) is 20.8 Å². The van der Waals surface area contributed by atoms with Crippen LogP contribution in [0.25, 0.3) is 0 Å². The normalized spacial score (nSPS) is 11.5. The lowest BCUT2D eigenvalue weighted by molar-refractivity contribution is 0.445. The van der Waals surface area contributed by atoms with Gasteiger partial charge >= 0.3 is 0 Å². The molecule has 94 valence electrons. The van der Waals surface area contributed by atoms with Crippen LogP contribution >= 0.6 is 27.7 Å². The Balaban J connectivity index is 2.31. The maximum Gasteiger partial charge on any atom is 0.0963 e. The molecular formula is C13H19BrN2S. The van der Waals surface area contributed by atoms with Crippen molar-refractivity contribution in [3.8, 4) is 0 Å². The number of thioether (sulfide) groups is 1. The van der Waals surface area contributed by atoms with Gasteiger partial charge in [0.25, 0.3) is 0 Å². The summed E-state index contributed by atoms with van der Waals surface area (Å²) < 4.78 is 1.01. The van der Waals surface area contributed by atoms with Gasteiger partial charge in [-0.25, -0.2) is 4.98 Å². The Hall–Kier alpha value is -0.320. The predicted molar refractivity (Wildman–Crippen MR) is 79.6 cm³/mol. The fourth-order valence-electron chi connectivity index (χ4n) is 1.06. The third kappa shape index (κ3) is 6.86. The highest BCUT2D eigenvalue weighted by atomic mass is 79.9. The molecule has 1 aromatic heterocycles. The summed E-state index contributed by atoms with van der Waals surface area (Å²) in [4.78, 5) is 4.31. The van der Waals surface area contributed by atoms with Gasteiger partial charge in [-0.1, -0.05) is 12.2 Å². The molecule has 0 aliphatic rings. The van der Waals surface area contributed by atoms with E-state index in [0.29, 0.717) is 0 Å². The third-order valence-electron chi connectivity index (χ3n) is 1.99. The fraction of sp³-hybridized carbons (Fsp3) is 0.462. The molecule has 0 bridgehead atoms. The maximum atomic E-state index is 4.31. The standard InChI is InChI=1S/C13H19BrN2S/c1-10(7-16-13(2,3)4)9-17-12-6-5-11(14)8-15-12/h5-6,8,16H,1,7,9H2,2-4H3. The lowest BCUT2D eigenvalue weighted by Crippen LogP contribution is -2.37. The number of hydrogen-bond donors (Lipinski definition) is 1. The Morgan fingerprint density at radius 3 is 2.71 bits per heavy atom. The smallest absolute Gasteiger partial charge is 0.0963 e. The fourth-order valence-corrected chi connectivity index (χ4v) is 2.04. The van der Waals surface area contributed by atoms with Crippen molar-refractivity contribution in [2.75, 3.05) is 12.3 Å². The monoisotopic (exact) mass is 314 g/mol. The second-order valence-corrected chi connectivity index (χ2v) is 6.87. The van der Waals surface area contributed by atoms with E-state index in [1.165, 1.54) is 5.57 Å². The van der Waals surface area contributed by atoms with E-state index < -0.39 is 0 Å². The van der Waals surface area contributed by atoms with Crippen LogP contribution in [0.4, 0.5) is 0 Å². The van der Waals surface area contributed by atoms with Gasteiger partial charge in [-0.2, -0.15) is 0 Å². The second kappa shape index (κ2) is 6.57. The van der Waals surface area contributed by atoms with Crippen LogP contribution < -0.4 is 5.32 Å². The van der Waals surface area contributed by atoms with Crippen molar-refractivity contribution in [2.24, 2.45) is 0 Å². The molecule has 4 heteroatoms. The molecule has 1 heterocycles. The van der Waals surface area contributed by atoms with Crippen LogP contribution in [-0.4, -0.2) is 22.8 Å². The predicted octanol–water partition coefficient (Wildman–Crippen LogP) is 3.88. The van der Waals surface area contributed by atoms with Gasteiger partial charge in [0.05, 0.1) is 5.03 Å². The summed E-state index contributed by atoms with van der Waals surface area (Å²) in [7, 11) is 0. The number of pyridine rings is 1. The molecule has 0 amide bonds. The molecule has 1 N–H and O–H groups in total. The number of halogens is 1. The van der Waals surface area contributed by atoms with E-state index in [9.17, 15) is 0 Å². The Kier molecular flexibility index (Phi) is 5.70. The van der Waals surface area contributed by atoms with Crippen LogP contribution in [0.15, 0.2) is 40.0 Å². The summed E-state index contributed by atoms with van der Waals surface area (Å²) in [6, 6.07) is 4.02. The van der Waals surface area contributed by atoms with Gasteiger partial charge in [0.15, 0.2) is 0 Å². The molecule has 0 aliphatic carbocycles. The third-order valence-corrected chi connectivity index (χ3v) is 3.55. The first-order chi connectivity index (χ1) is 7.87. The van der Waals surface area contributed by atoms with Crippen molar-refractivity contribution < 1.29 is 0 Å². The molecule has 0 aromatic carbocycles. The molecule has 0 fully saturated rings. The van der Waals surface area contributed by atoms with Gasteiger partial charge in [-0.3, -0.25) is 0 Å². The number of nitrogens with zero attached hydrogens (tertiary/aromatic N) is 1. The van der Waals surface area contributed by atoms with E-state index in [1.807, 2.05) is 18.3 Å². The topological polar surface area (TPSA) is 24.9 Å². The highest BCUT2D eigenvalue weighted by Crippen LogP contribution is 2.19. The molecule has 1 aromatic rings. The van der Waals surface area contributed by atoms with Crippen molar-refractivity contribution in [3.63, 3.8) is 0 Å². The van der Waals surface area contributed by atoms with Gasteiger partial charge in [-0.05, 0) is 48.8 Å². The quantitative estimate of drug-likeness (QED) is 0.659. The lowest BCUT2D eigenvalue weighted by atomic mass is 10.1. The van der Waals surface area contributed by atoms with Gasteiger partial charge in [-0.15, -0.1) is 11.8 Å². The molecule has 0 saturated carbocycles. The zero-order valence-corrected chi connectivity index (χ0v) is 13.0. The molecule has 17 heavy (non-hydrogen) atoms. The Bertz CT molecular complexity index is 368. The molecular weight excluding hydrogens is 296 g/mol. The van der Waals surface area contributed by atoms with Crippen molar-refractivity contribution >= 4 is 27.7 Å². The highest BCUT2D eigenvalue weighted by molar-refractivity contribution is 9.10. The summed E-state index contributed by atoms with van der Waals surface area (Å²) in [5.74, 6) is 0.901.